The van der Waals surface area contributed by atoms with E-state index in [1.54, 1.807) is 6.92 Å². The zero-order valence-corrected chi connectivity index (χ0v) is 16.8. The zero-order chi connectivity index (χ0) is 19.2. The van der Waals surface area contributed by atoms with E-state index >= 15 is 0 Å². The lowest BCUT2D eigenvalue weighted by atomic mass is 10.1. The van der Waals surface area contributed by atoms with Gasteiger partial charge in [0.05, 0.1) is 17.2 Å². The fourth-order valence-electron chi connectivity index (χ4n) is 3.10. The highest BCUT2D eigenvalue weighted by atomic mass is 79.9. The molecule has 1 heterocycles. The monoisotopic (exact) mass is 435 g/mol. The number of ether oxygens (including phenoxy) is 2. The second-order valence-corrected chi connectivity index (χ2v) is 7.51. The van der Waals surface area contributed by atoms with Gasteiger partial charge in [0.25, 0.3) is 5.91 Å². The van der Waals surface area contributed by atoms with E-state index in [9.17, 15) is 9.18 Å². The van der Waals surface area contributed by atoms with Crippen molar-refractivity contribution >= 4 is 21.8 Å². The largest absolute Gasteiger partial charge is 0.480 e. The summed E-state index contributed by atoms with van der Waals surface area (Å²) in [6.45, 7) is 3.61. The fourth-order valence-corrected chi connectivity index (χ4v) is 3.54. The van der Waals surface area contributed by atoms with Crippen molar-refractivity contribution in [2.75, 3.05) is 13.1 Å². The number of carbonyl (C=O) groups excluding carboxylic acids is 1. The van der Waals surface area contributed by atoms with E-state index in [0.717, 1.165) is 18.4 Å². The molecule has 2 aromatic carbocycles. The molecule has 1 aliphatic rings. The van der Waals surface area contributed by atoms with Gasteiger partial charge in [-0.1, -0.05) is 30.3 Å². The molecule has 27 heavy (non-hydrogen) atoms. The molecule has 0 aromatic heterocycles. The Kier molecular flexibility index (Phi) is 6.85. The Bertz CT molecular complexity index is 763. The van der Waals surface area contributed by atoms with Crippen LogP contribution in [0.15, 0.2) is 53.0 Å². The molecule has 0 radical (unpaired) electrons. The quantitative estimate of drug-likeness (QED) is 0.667. The van der Waals surface area contributed by atoms with Crippen LogP contribution in [-0.4, -0.2) is 36.1 Å². The highest BCUT2D eigenvalue weighted by molar-refractivity contribution is 9.10. The first-order chi connectivity index (χ1) is 13.0. The van der Waals surface area contributed by atoms with Crippen LogP contribution in [0.4, 0.5) is 4.39 Å². The molecule has 1 saturated heterocycles. The van der Waals surface area contributed by atoms with Crippen molar-refractivity contribution in [3.8, 4) is 5.75 Å². The van der Waals surface area contributed by atoms with Gasteiger partial charge < -0.3 is 14.4 Å². The molecule has 144 valence electrons. The summed E-state index contributed by atoms with van der Waals surface area (Å²) in [6, 6.07) is 14.2. The van der Waals surface area contributed by atoms with Gasteiger partial charge in [0.15, 0.2) is 6.10 Å². The van der Waals surface area contributed by atoms with Gasteiger partial charge in [-0.3, -0.25) is 4.79 Å². The number of halogens is 2. The van der Waals surface area contributed by atoms with E-state index in [-0.39, 0.29) is 17.8 Å². The molecule has 1 atom stereocenters. The summed E-state index contributed by atoms with van der Waals surface area (Å²) in [5, 5.41) is 0. The third-order valence-corrected chi connectivity index (χ3v) is 5.25. The number of piperidine rings is 1. The first-order valence-corrected chi connectivity index (χ1v) is 9.88. The molecule has 0 N–H and O–H groups in total. The molecule has 1 unspecified atom stereocenters. The van der Waals surface area contributed by atoms with Crippen LogP contribution in [0, 0.1) is 5.82 Å². The van der Waals surface area contributed by atoms with Gasteiger partial charge in [-0.15, -0.1) is 0 Å². The first kappa shape index (κ1) is 19.8. The summed E-state index contributed by atoms with van der Waals surface area (Å²) >= 11 is 3.26. The van der Waals surface area contributed by atoms with Gasteiger partial charge in [-0.05, 0) is 59.5 Å². The van der Waals surface area contributed by atoms with Crippen molar-refractivity contribution in [2.45, 2.75) is 38.6 Å². The summed E-state index contributed by atoms with van der Waals surface area (Å²) in [7, 11) is 0. The summed E-state index contributed by atoms with van der Waals surface area (Å²) in [5.41, 5.74) is 1.16. The van der Waals surface area contributed by atoms with Crippen LogP contribution in [0.1, 0.15) is 25.3 Å². The standard InChI is InChI=1S/C21H23BrFNO3/c1-15(27-20-8-7-17(23)13-19(20)22)21(25)24-11-9-18(10-12-24)26-14-16-5-3-2-4-6-16/h2-8,13,15,18H,9-12,14H2,1H3. The lowest BCUT2D eigenvalue weighted by molar-refractivity contribution is -0.140. The molecule has 2 aromatic rings. The lowest BCUT2D eigenvalue weighted by Crippen LogP contribution is -2.46. The van der Waals surface area contributed by atoms with Crippen LogP contribution in [0.25, 0.3) is 0 Å². The number of amides is 1. The molecular weight excluding hydrogens is 413 g/mol. The maximum Gasteiger partial charge on any atom is 0.263 e. The number of hydrogen-bond acceptors (Lipinski definition) is 3. The van der Waals surface area contributed by atoms with Crippen LogP contribution in [0.2, 0.25) is 0 Å². The minimum absolute atomic E-state index is 0.0623. The zero-order valence-electron chi connectivity index (χ0n) is 15.2. The van der Waals surface area contributed by atoms with Crippen LogP contribution < -0.4 is 4.74 Å². The third kappa shape index (κ3) is 5.53. The summed E-state index contributed by atoms with van der Waals surface area (Å²) in [4.78, 5) is 14.4. The molecule has 6 heteroatoms. The molecule has 0 saturated carbocycles. The van der Waals surface area contributed by atoms with E-state index in [1.165, 1.54) is 18.2 Å². The normalized spacial score (nSPS) is 16.2. The predicted octanol–water partition coefficient (Wildman–Crippen LogP) is 4.56. The average Bonchev–Trinajstić information content (AvgIpc) is 2.69. The van der Waals surface area contributed by atoms with Gasteiger partial charge in [0.1, 0.15) is 11.6 Å². The van der Waals surface area contributed by atoms with Crippen LogP contribution in [-0.2, 0) is 16.1 Å². The summed E-state index contributed by atoms with van der Waals surface area (Å²) in [6.07, 6.45) is 1.15. The molecule has 3 rings (SSSR count). The molecular formula is C21H23BrFNO3. The number of benzene rings is 2. The first-order valence-electron chi connectivity index (χ1n) is 9.09. The van der Waals surface area contributed by atoms with Crippen molar-refractivity contribution in [1.82, 2.24) is 4.90 Å². The molecule has 1 fully saturated rings. The highest BCUT2D eigenvalue weighted by Gasteiger charge is 2.27. The van der Waals surface area contributed by atoms with Crippen LogP contribution in [0.3, 0.4) is 0 Å². The van der Waals surface area contributed by atoms with Gasteiger partial charge >= 0.3 is 0 Å². The van der Waals surface area contributed by atoms with Crippen molar-refractivity contribution in [3.63, 3.8) is 0 Å². The number of likely N-dealkylation sites (tertiary alicyclic amines) is 1. The molecule has 0 bridgehead atoms. The minimum Gasteiger partial charge on any atom is -0.480 e. The number of rotatable bonds is 6. The maximum absolute atomic E-state index is 13.2. The van der Waals surface area contributed by atoms with Crippen molar-refractivity contribution < 1.29 is 18.7 Å². The van der Waals surface area contributed by atoms with Crippen LogP contribution in [0.5, 0.6) is 5.75 Å². The smallest absolute Gasteiger partial charge is 0.263 e. The fraction of sp³-hybridized carbons (Fsp3) is 0.381. The van der Waals surface area contributed by atoms with Gasteiger partial charge in [-0.25, -0.2) is 4.39 Å². The van der Waals surface area contributed by atoms with E-state index < -0.39 is 6.10 Å². The predicted molar refractivity (Wildman–Crippen MR) is 105 cm³/mol. The number of nitrogens with zero attached hydrogens (tertiary/aromatic N) is 1. The Morgan fingerprint density at radius 3 is 2.59 bits per heavy atom. The molecule has 0 spiro atoms. The third-order valence-electron chi connectivity index (χ3n) is 4.63. The Morgan fingerprint density at radius 2 is 1.93 bits per heavy atom. The summed E-state index contributed by atoms with van der Waals surface area (Å²) in [5.74, 6) is 0.0387. The van der Waals surface area contributed by atoms with E-state index in [4.69, 9.17) is 9.47 Å². The molecule has 0 aliphatic carbocycles. The van der Waals surface area contributed by atoms with E-state index in [2.05, 4.69) is 15.9 Å². The Balaban J connectivity index is 1.46. The molecule has 1 aliphatic heterocycles. The Labute approximate surface area is 167 Å². The van der Waals surface area contributed by atoms with E-state index in [0.29, 0.717) is 29.9 Å². The molecule has 1 amide bonds. The number of carbonyl (C=O) groups is 1. The van der Waals surface area contributed by atoms with Gasteiger partial charge in [-0.2, -0.15) is 0 Å². The second-order valence-electron chi connectivity index (χ2n) is 6.66. The molecule has 4 nitrogen and oxygen atoms in total. The summed E-state index contributed by atoms with van der Waals surface area (Å²) < 4.78 is 25.3. The maximum atomic E-state index is 13.2. The van der Waals surface area contributed by atoms with Gasteiger partial charge in [0.2, 0.25) is 0 Å². The Morgan fingerprint density at radius 1 is 1.22 bits per heavy atom. The van der Waals surface area contributed by atoms with Gasteiger partial charge in [0, 0.05) is 13.1 Å². The average molecular weight is 436 g/mol. The second kappa shape index (κ2) is 9.33. The van der Waals surface area contributed by atoms with Crippen molar-refractivity contribution in [3.05, 3.63) is 64.4 Å². The minimum atomic E-state index is -0.631. The van der Waals surface area contributed by atoms with E-state index in [1.807, 2.05) is 35.2 Å². The Hall–Kier alpha value is -1.92. The lowest BCUT2D eigenvalue weighted by Gasteiger charge is -2.33. The number of hydrogen-bond donors (Lipinski definition) is 0. The van der Waals surface area contributed by atoms with Crippen LogP contribution >= 0.6 is 15.9 Å². The SMILES string of the molecule is CC(Oc1ccc(F)cc1Br)C(=O)N1CCC(OCc2ccccc2)CC1. The highest BCUT2D eigenvalue weighted by Crippen LogP contribution is 2.27. The van der Waals surface area contributed by atoms with Crippen molar-refractivity contribution in [1.29, 1.82) is 0 Å². The van der Waals surface area contributed by atoms with Crippen molar-refractivity contribution in [2.24, 2.45) is 0 Å². The topological polar surface area (TPSA) is 38.8 Å².